The van der Waals surface area contributed by atoms with Gasteiger partial charge in [0.15, 0.2) is 0 Å². The first-order valence-electron chi connectivity index (χ1n) is 4.64. The molecule has 0 saturated carbocycles. The Kier molecular flexibility index (Phi) is 3.88. The molecule has 6 heteroatoms. The first-order chi connectivity index (χ1) is 6.56. The van der Waals surface area contributed by atoms with E-state index in [-0.39, 0.29) is 13.0 Å². The van der Waals surface area contributed by atoms with E-state index < -0.39 is 21.5 Å². The van der Waals surface area contributed by atoms with E-state index in [0.717, 1.165) is 0 Å². The van der Waals surface area contributed by atoms with Crippen LogP contribution in [-0.4, -0.2) is 26.4 Å². The maximum atomic E-state index is 11.2. The van der Waals surface area contributed by atoms with E-state index in [4.69, 9.17) is 4.74 Å². The van der Waals surface area contributed by atoms with Crippen molar-refractivity contribution < 1.29 is 22.1 Å². The van der Waals surface area contributed by atoms with Crippen LogP contribution in [0.1, 0.15) is 32.6 Å². The highest BCUT2D eigenvalue weighted by Crippen LogP contribution is 2.19. The summed E-state index contributed by atoms with van der Waals surface area (Å²) < 4.78 is 31.8. The maximum Gasteiger partial charge on any atom is 0.307 e. The van der Waals surface area contributed by atoms with Gasteiger partial charge in [-0.15, -0.1) is 0 Å². The van der Waals surface area contributed by atoms with E-state index in [2.05, 4.69) is 4.18 Å². The molecule has 5 nitrogen and oxygen atoms in total. The number of carbonyl (C=O) groups excluding carboxylic acids is 1. The third kappa shape index (κ3) is 2.95. The lowest BCUT2D eigenvalue weighted by molar-refractivity contribution is -0.146. The van der Waals surface area contributed by atoms with Gasteiger partial charge in [0.05, 0.1) is 6.61 Å². The lowest BCUT2D eigenvalue weighted by Crippen LogP contribution is -2.33. The van der Waals surface area contributed by atoms with Crippen molar-refractivity contribution in [3.63, 3.8) is 0 Å². The Morgan fingerprint density at radius 1 is 1.57 bits per heavy atom. The standard InChI is InChI=1S/C8H14O5S/c1-2-4-7(9)13-8-5-3-6-12-14(8,10)11/h8H,2-6H2,1H3. The van der Waals surface area contributed by atoms with Crippen LogP contribution in [-0.2, 0) is 23.8 Å². The van der Waals surface area contributed by atoms with Gasteiger partial charge >= 0.3 is 16.1 Å². The van der Waals surface area contributed by atoms with Gasteiger partial charge in [-0.1, -0.05) is 6.92 Å². The molecule has 82 valence electrons. The number of ether oxygens (including phenoxy) is 1. The van der Waals surface area contributed by atoms with Gasteiger partial charge in [-0.05, 0) is 12.8 Å². The predicted molar refractivity (Wildman–Crippen MR) is 48.9 cm³/mol. The minimum absolute atomic E-state index is 0.185. The molecule has 1 aliphatic rings. The minimum atomic E-state index is -3.68. The second kappa shape index (κ2) is 4.75. The third-order valence-electron chi connectivity index (χ3n) is 1.87. The molecule has 1 atom stereocenters. The van der Waals surface area contributed by atoms with Crippen molar-refractivity contribution >= 4 is 16.1 Å². The van der Waals surface area contributed by atoms with Crippen LogP contribution in [0.15, 0.2) is 0 Å². The van der Waals surface area contributed by atoms with Crippen molar-refractivity contribution in [2.75, 3.05) is 6.61 Å². The smallest absolute Gasteiger partial charge is 0.307 e. The Hall–Kier alpha value is -0.620. The molecule has 1 saturated heterocycles. The van der Waals surface area contributed by atoms with Crippen LogP contribution >= 0.6 is 0 Å². The molecule has 0 spiro atoms. The van der Waals surface area contributed by atoms with Crippen LogP contribution in [0, 0.1) is 0 Å². The molecule has 1 aliphatic heterocycles. The van der Waals surface area contributed by atoms with Crippen LogP contribution in [0.4, 0.5) is 0 Å². The van der Waals surface area contributed by atoms with Gasteiger partial charge in [-0.3, -0.25) is 8.98 Å². The quantitative estimate of drug-likeness (QED) is 0.521. The molecule has 0 aliphatic carbocycles. The highest BCUT2D eigenvalue weighted by molar-refractivity contribution is 7.87. The van der Waals surface area contributed by atoms with Crippen molar-refractivity contribution in [3.05, 3.63) is 0 Å². The molecule has 0 radical (unpaired) electrons. The summed E-state index contributed by atoms with van der Waals surface area (Å²) in [6.45, 7) is 2.01. The van der Waals surface area contributed by atoms with Gasteiger partial charge in [0.25, 0.3) is 0 Å². The average Bonchev–Trinajstić information content (AvgIpc) is 2.09. The molecule has 0 aromatic rings. The summed E-state index contributed by atoms with van der Waals surface area (Å²) in [5.74, 6) is -0.480. The zero-order valence-electron chi connectivity index (χ0n) is 8.06. The minimum Gasteiger partial charge on any atom is -0.443 e. The number of carbonyl (C=O) groups is 1. The predicted octanol–water partition coefficient (Wildman–Crippen LogP) is 0.796. The van der Waals surface area contributed by atoms with Crippen LogP contribution in [0.3, 0.4) is 0 Å². The molecule has 1 heterocycles. The summed E-state index contributed by atoms with van der Waals surface area (Å²) in [5.41, 5.74) is -1.10. The summed E-state index contributed by atoms with van der Waals surface area (Å²) in [5, 5.41) is 0. The van der Waals surface area contributed by atoms with Crippen molar-refractivity contribution in [1.82, 2.24) is 0 Å². The Morgan fingerprint density at radius 2 is 2.29 bits per heavy atom. The molecule has 0 N–H and O–H groups in total. The van der Waals surface area contributed by atoms with Gasteiger partial charge in [0, 0.05) is 12.8 Å². The first kappa shape index (κ1) is 11.5. The van der Waals surface area contributed by atoms with Crippen molar-refractivity contribution in [1.29, 1.82) is 0 Å². The summed E-state index contributed by atoms with van der Waals surface area (Å²) in [6, 6.07) is 0. The van der Waals surface area contributed by atoms with E-state index >= 15 is 0 Å². The largest absolute Gasteiger partial charge is 0.443 e. The van der Waals surface area contributed by atoms with E-state index in [0.29, 0.717) is 19.3 Å². The van der Waals surface area contributed by atoms with E-state index in [1.807, 2.05) is 6.92 Å². The number of hydrogen-bond donors (Lipinski definition) is 0. The molecular formula is C8H14O5S. The third-order valence-corrected chi connectivity index (χ3v) is 3.34. The first-order valence-corrected chi connectivity index (χ1v) is 6.11. The molecule has 1 rings (SSSR count). The number of esters is 1. The maximum absolute atomic E-state index is 11.2. The lowest BCUT2D eigenvalue weighted by Gasteiger charge is -2.21. The summed E-state index contributed by atoms with van der Waals surface area (Å²) in [6.07, 6.45) is 1.82. The van der Waals surface area contributed by atoms with Crippen molar-refractivity contribution in [2.24, 2.45) is 0 Å². The molecule has 0 amide bonds. The average molecular weight is 222 g/mol. The monoisotopic (exact) mass is 222 g/mol. The molecule has 1 unspecified atom stereocenters. The van der Waals surface area contributed by atoms with Gasteiger partial charge in [-0.2, -0.15) is 8.42 Å². The van der Waals surface area contributed by atoms with Crippen LogP contribution in [0.25, 0.3) is 0 Å². The van der Waals surface area contributed by atoms with Crippen LogP contribution < -0.4 is 0 Å². The van der Waals surface area contributed by atoms with E-state index in [1.165, 1.54) is 0 Å². The van der Waals surface area contributed by atoms with E-state index in [1.54, 1.807) is 0 Å². The number of hydrogen-bond acceptors (Lipinski definition) is 5. The van der Waals surface area contributed by atoms with Crippen LogP contribution in [0.2, 0.25) is 0 Å². The van der Waals surface area contributed by atoms with Gasteiger partial charge < -0.3 is 4.74 Å². The second-order valence-electron chi connectivity index (χ2n) is 3.13. The van der Waals surface area contributed by atoms with Crippen molar-refractivity contribution in [3.8, 4) is 0 Å². The fraction of sp³-hybridized carbons (Fsp3) is 0.875. The SMILES string of the molecule is CCCC(=O)OC1CCCOS1(=O)=O. The summed E-state index contributed by atoms with van der Waals surface area (Å²) in [4.78, 5) is 11.1. The van der Waals surface area contributed by atoms with Gasteiger partial charge in [-0.25, -0.2) is 0 Å². The molecule has 0 aromatic carbocycles. The fourth-order valence-corrected chi connectivity index (χ4v) is 2.36. The van der Waals surface area contributed by atoms with Crippen LogP contribution in [0.5, 0.6) is 0 Å². The zero-order valence-corrected chi connectivity index (χ0v) is 8.88. The van der Waals surface area contributed by atoms with Gasteiger partial charge in [0.2, 0.25) is 5.44 Å². The normalized spacial score (nSPS) is 25.6. The number of rotatable bonds is 3. The Morgan fingerprint density at radius 3 is 2.86 bits per heavy atom. The highest BCUT2D eigenvalue weighted by atomic mass is 32.2. The molecule has 14 heavy (non-hydrogen) atoms. The summed E-state index contributed by atoms with van der Waals surface area (Å²) in [7, 11) is -3.68. The Bertz CT molecular complexity index is 295. The van der Waals surface area contributed by atoms with E-state index in [9.17, 15) is 13.2 Å². The second-order valence-corrected chi connectivity index (χ2v) is 4.87. The zero-order chi connectivity index (χ0) is 10.6. The highest BCUT2D eigenvalue weighted by Gasteiger charge is 2.33. The van der Waals surface area contributed by atoms with Crippen molar-refractivity contribution in [2.45, 2.75) is 38.0 Å². The fourth-order valence-electron chi connectivity index (χ4n) is 1.17. The molecular weight excluding hydrogens is 208 g/mol. The summed E-state index contributed by atoms with van der Waals surface area (Å²) >= 11 is 0. The molecule has 0 bridgehead atoms. The Balaban J connectivity index is 2.54. The van der Waals surface area contributed by atoms with Gasteiger partial charge in [0.1, 0.15) is 0 Å². The Labute approximate surface area is 83.5 Å². The topological polar surface area (TPSA) is 69.7 Å². The molecule has 1 fully saturated rings. The lowest BCUT2D eigenvalue weighted by atomic mass is 10.3. The molecule has 0 aromatic heterocycles.